The normalized spacial score (nSPS) is 18.0. The zero-order valence-electron chi connectivity index (χ0n) is 17.8. The van der Waals surface area contributed by atoms with Crippen LogP contribution in [0.25, 0.3) is 5.70 Å². The predicted octanol–water partition coefficient (Wildman–Crippen LogP) is 4.68. The number of ether oxygens (including phenoxy) is 2. The summed E-state index contributed by atoms with van der Waals surface area (Å²) in [5, 5.41) is 14.8. The molecular weight excluding hydrogens is 396 g/mol. The Bertz CT molecular complexity index is 1160. The first-order chi connectivity index (χ1) is 14.7. The number of amides is 1. The van der Waals surface area contributed by atoms with Crippen molar-refractivity contribution >= 4 is 17.3 Å². The highest BCUT2D eigenvalue weighted by Crippen LogP contribution is 2.51. The maximum absolute atomic E-state index is 13.2. The van der Waals surface area contributed by atoms with Crippen LogP contribution in [0.1, 0.15) is 50.3 Å². The van der Waals surface area contributed by atoms with Crippen LogP contribution in [-0.2, 0) is 16.6 Å². The molecule has 1 fully saturated rings. The molecule has 1 amide bonds. The van der Waals surface area contributed by atoms with Gasteiger partial charge in [0.05, 0.1) is 15.9 Å². The molecule has 2 aromatic rings. The molecule has 7 heteroatoms. The Hall–Kier alpha value is -3.35. The van der Waals surface area contributed by atoms with Gasteiger partial charge in [0.1, 0.15) is 0 Å². The van der Waals surface area contributed by atoms with Crippen molar-refractivity contribution in [3.63, 3.8) is 0 Å². The number of hydrogen-bond acceptors (Lipinski definition) is 5. The third-order valence-corrected chi connectivity index (χ3v) is 6.47. The highest BCUT2D eigenvalue weighted by atomic mass is 16.7. The molecule has 5 rings (SSSR count). The largest absolute Gasteiger partial charge is 0.454 e. The minimum absolute atomic E-state index is 0.105. The number of rotatable bonds is 4. The molecule has 0 unspecified atom stereocenters. The van der Waals surface area contributed by atoms with E-state index in [1.165, 1.54) is 0 Å². The molecule has 1 N–H and O–H groups in total. The quantitative estimate of drug-likeness (QED) is 0.573. The van der Waals surface area contributed by atoms with E-state index in [1.54, 1.807) is 6.07 Å². The molecule has 160 valence electrons. The van der Waals surface area contributed by atoms with Crippen molar-refractivity contribution in [2.24, 2.45) is 5.41 Å². The lowest BCUT2D eigenvalue weighted by atomic mass is 9.85. The Labute approximate surface area is 180 Å². The van der Waals surface area contributed by atoms with E-state index in [2.05, 4.69) is 5.32 Å². The number of fused-ring (bicyclic) bond motifs is 2. The van der Waals surface area contributed by atoms with Crippen LogP contribution in [0.15, 0.2) is 42.0 Å². The standard InChI is InChI=1S/C24H24N2O5/c1-23(2,3)18-10-14-4-6-16(12-17(14)21(18)26(28)29)25-22(27)24(8-9-24)15-5-7-19-20(11-15)31-13-30-19/h4-7,11-12H,8-10,13H2,1-3H3,(H,25,27). The minimum Gasteiger partial charge on any atom is -0.454 e. The Morgan fingerprint density at radius 3 is 2.52 bits per heavy atom. The number of carbonyl (C=O) groups is 1. The van der Waals surface area contributed by atoms with Crippen molar-refractivity contribution in [2.75, 3.05) is 12.1 Å². The molecule has 0 aromatic heterocycles. The van der Waals surface area contributed by atoms with Gasteiger partial charge in [-0.1, -0.05) is 32.9 Å². The Morgan fingerprint density at radius 2 is 1.84 bits per heavy atom. The van der Waals surface area contributed by atoms with Crippen molar-refractivity contribution in [1.29, 1.82) is 0 Å². The van der Waals surface area contributed by atoms with Crippen LogP contribution in [0.5, 0.6) is 11.5 Å². The average molecular weight is 420 g/mol. The van der Waals surface area contributed by atoms with E-state index in [4.69, 9.17) is 9.47 Å². The molecule has 0 bridgehead atoms. The first-order valence-electron chi connectivity index (χ1n) is 10.4. The van der Waals surface area contributed by atoms with E-state index in [-0.39, 0.29) is 28.7 Å². The summed E-state index contributed by atoms with van der Waals surface area (Å²) >= 11 is 0. The molecule has 0 spiro atoms. The zero-order valence-corrected chi connectivity index (χ0v) is 17.8. The molecule has 1 aliphatic heterocycles. The number of anilines is 1. The van der Waals surface area contributed by atoms with E-state index >= 15 is 0 Å². The summed E-state index contributed by atoms with van der Waals surface area (Å²) in [5.74, 6) is 1.24. The lowest BCUT2D eigenvalue weighted by molar-refractivity contribution is -0.376. The maximum Gasteiger partial charge on any atom is 0.277 e. The van der Waals surface area contributed by atoms with Crippen LogP contribution in [0.3, 0.4) is 0 Å². The first-order valence-corrected chi connectivity index (χ1v) is 10.4. The van der Waals surface area contributed by atoms with Crippen molar-refractivity contribution in [3.8, 4) is 11.5 Å². The van der Waals surface area contributed by atoms with Crippen molar-refractivity contribution in [2.45, 2.75) is 45.4 Å². The third-order valence-electron chi connectivity index (χ3n) is 6.47. The molecular formula is C24H24N2O5. The van der Waals surface area contributed by atoms with Gasteiger partial charge in [-0.15, -0.1) is 0 Å². The highest BCUT2D eigenvalue weighted by molar-refractivity contribution is 6.01. The van der Waals surface area contributed by atoms with Crippen molar-refractivity contribution in [3.05, 3.63) is 68.8 Å². The minimum atomic E-state index is -0.599. The van der Waals surface area contributed by atoms with Crippen LogP contribution in [-0.4, -0.2) is 17.6 Å². The van der Waals surface area contributed by atoms with E-state index in [0.717, 1.165) is 29.5 Å². The molecule has 1 heterocycles. The second-order valence-corrected chi connectivity index (χ2v) is 9.49. The summed E-state index contributed by atoms with van der Waals surface area (Å²) in [6.07, 6.45) is 2.06. The second-order valence-electron chi connectivity index (χ2n) is 9.49. The summed E-state index contributed by atoms with van der Waals surface area (Å²) in [5.41, 5.74) is 3.07. The number of nitrogens with one attached hydrogen (secondary N) is 1. The summed E-state index contributed by atoms with van der Waals surface area (Å²) in [7, 11) is 0. The van der Waals surface area contributed by atoms with E-state index in [0.29, 0.717) is 29.2 Å². The SMILES string of the molecule is CC(C)(C)C1=C([N+](=O)[O-])c2cc(NC(=O)C3(c4ccc5c(c4)OCO5)CC3)ccc2C1. The van der Waals surface area contributed by atoms with Gasteiger partial charge in [-0.05, 0) is 53.6 Å². The Morgan fingerprint density at radius 1 is 1.10 bits per heavy atom. The maximum atomic E-state index is 13.2. The highest BCUT2D eigenvalue weighted by Gasteiger charge is 2.51. The summed E-state index contributed by atoms with van der Waals surface area (Å²) in [4.78, 5) is 24.7. The lowest BCUT2D eigenvalue weighted by Crippen LogP contribution is -2.27. The second kappa shape index (κ2) is 6.57. The fourth-order valence-electron chi connectivity index (χ4n) is 4.51. The number of benzene rings is 2. The third kappa shape index (κ3) is 3.15. The number of nitro groups is 1. The molecule has 0 atom stereocenters. The molecule has 2 aliphatic carbocycles. The van der Waals surface area contributed by atoms with Crippen LogP contribution >= 0.6 is 0 Å². The molecule has 0 saturated heterocycles. The van der Waals surface area contributed by atoms with Crippen LogP contribution in [0, 0.1) is 15.5 Å². The summed E-state index contributed by atoms with van der Waals surface area (Å²) < 4.78 is 10.8. The van der Waals surface area contributed by atoms with E-state index in [9.17, 15) is 14.9 Å². The smallest absolute Gasteiger partial charge is 0.277 e. The fraction of sp³-hybridized carbons (Fsp3) is 0.375. The number of hydrogen-bond donors (Lipinski definition) is 1. The van der Waals surface area contributed by atoms with Gasteiger partial charge in [0.25, 0.3) is 5.70 Å². The van der Waals surface area contributed by atoms with Gasteiger partial charge in [-0.2, -0.15) is 0 Å². The van der Waals surface area contributed by atoms with Crippen molar-refractivity contribution < 1.29 is 19.2 Å². The number of nitrogens with zero attached hydrogens (tertiary/aromatic N) is 1. The number of allylic oxidation sites excluding steroid dienone is 1. The molecule has 3 aliphatic rings. The predicted molar refractivity (Wildman–Crippen MR) is 116 cm³/mol. The van der Waals surface area contributed by atoms with Gasteiger partial charge >= 0.3 is 0 Å². The van der Waals surface area contributed by atoms with Gasteiger partial charge in [0, 0.05) is 17.7 Å². The zero-order chi connectivity index (χ0) is 22.0. The first kappa shape index (κ1) is 19.6. The van der Waals surface area contributed by atoms with Crippen molar-refractivity contribution in [1.82, 2.24) is 0 Å². The Balaban J connectivity index is 1.43. The Kier molecular flexibility index (Phi) is 4.16. The van der Waals surface area contributed by atoms with E-state index < -0.39 is 5.41 Å². The van der Waals surface area contributed by atoms with E-state index in [1.807, 2.05) is 51.1 Å². The monoisotopic (exact) mass is 420 g/mol. The van der Waals surface area contributed by atoms with Crippen LogP contribution < -0.4 is 14.8 Å². The molecule has 2 aromatic carbocycles. The summed E-state index contributed by atoms with van der Waals surface area (Å²) in [6, 6.07) is 11.1. The topological polar surface area (TPSA) is 90.7 Å². The van der Waals surface area contributed by atoms with Gasteiger partial charge < -0.3 is 14.8 Å². The summed E-state index contributed by atoms with van der Waals surface area (Å²) in [6.45, 7) is 6.16. The molecule has 0 radical (unpaired) electrons. The lowest BCUT2D eigenvalue weighted by Gasteiger charge is -2.19. The van der Waals surface area contributed by atoms with Gasteiger partial charge in [-0.25, -0.2) is 0 Å². The molecule has 7 nitrogen and oxygen atoms in total. The van der Waals surface area contributed by atoms with Gasteiger partial charge in [-0.3, -0.25) is 14.9 Å². The number of carbonyl (C=O) groups excluding carboxylic acids is 1. The molecule has 1 saturated carbocycles. The molecule has 31 heavy (non-hydrogen) atoms. The van der Waals surface area contributed by atoms with Crippen LogP contribution in [0.2, 0.25) is 0 Å². The average Bonchev–Trinajstić information content (AvgIpc) is 3.22. The fourth-order valence-corrected chi connectivity index (χ4v) is 4.51. The van der Waals surface area contributed by atoms with Crippen LogP contribution in [0.4, 0.5) is 5.69 Å². The van der Waals surface area contributed by atoms with Gasteiger partial charge in [0.15, 0.2) is 11.5 Å². The van der Waals surface area contributed by atoms with Gasteiger partial charge in [0.2, 0.25) is 12.7 Å².